The number of carbonyl (C=O) groups excluding carboxylic acids is 1. The van der Waals surface area contributed by atoms with Crippen LogP contribution in [0.15, 0.2) is 58.7 Å². The van der Waals surface area contributed by atoms with Crippen molar-refractivity contribution in [1.29, 1.82) is 0 Å². The molecule has 1 aromatic heterocycles. The lowest BCUT2D eigenvalue weighted by atomic mass is 10.1. The lowest BCUT2D eigenvalue weighted by Gasteiger charge is -2.02. The molecule has 1 amide bonds. The number of para-hydroxylation sites is 1. The van der Waals surface area contributed by atoms with Crippen LogP contribution in [-0.4, -0.2) is 27.6 Å². The molecule has 3 aromatic rings. The highest BCUT2D eigenvalue weighted by molar-refractivity contribution is 6.53. The van der Waals surface area contributed by atoms with Gasteiger partial charge in [0.2, 0.25) is 0 Å². The fourth-order valence-electron chi connectivity index (χ4n) is 2.76. The number of aromatic nitrogens is 2. The van der Waals surface area contributed by atoms with E-state index in [9.17, 15) is 9.18 Å². The largest absolute Gasteiger partial charge is 0.320 e. The van der Waals surface area contributed by atoms with Crippen LogP contribution >= 0.6 is 11.6 Å². The van der Waals surface area contributed by atoms with Gasteiger partial charge in [-0.2, -0.15) is 10.2 Å². The van der Waals surface area contributed by atoms with Crippen LogP contribution in [0.4, 0.5) is 10.1 Å². The van der Waals surface area contributed by atoms with Crippen LogP contribution in [0.25, 0.3) is 5.69 Å². The molecule has 6 nitrogen and oxygen atoms in total. The first-order valence-electron chi connectivity index (χ1n) is 8.07. The fourth-order valence-corrected chi connectivity index (χ4v) is 3.08. The van der Waals surface area contributed by atoms with Crippen molar-refractivity contribution in [2.24, 2.45) is 10.2 Å². The van der Waals surface area contributed by atoms with Crippen molar-refractivity contribution in [2.45, 2.75) is 6.92 Å². The summed E-state index contributed by atoms with van der Waals surface area (Å²) >= 11 is 6.40. The first kappa shape index (κ1) is 17.1. The zero-order valence-corrected chi connectivity index (χ0v) is 14.9. The molecular formula is C19H13ClFN5O. The van der Waals surface area contributed by atoms with Gasteiger partial charge in [0.15, 0.2) is 5.71 Å². The second-order valence-corrected chi connectivity index (χ2v) is 6.23. The molecule has 0 saturated heterocycles. The van der Waals surface area contributed by atoms with Crippen LogP contribution in [0, 0.1) is 12.7 Å². The van der Waals surface area contributed by atoms with E-state index >= 15 is 0 Å². The number of carbonyl (C=O) groups is 1. The maximum absolute atomic E-state index is 13.1. The summed E-state index contributed by atoms with van der Waals surface area (Å²) in [7, 11) is 0. The SMILES string of the molecule is Cc1nn(-c2ccc(F)cc2)c(Cl)c1/C=N\N=C1/C(=O)Nc2ccccc21. The number of benzene rings is 2. The summed E-state index contributed by atoms with van der Waals surface area (Å²) in [6, 6.07) is 13.1. The molecule has 134 valence electrons. The van der Waals surface area contributed by atoms with Gasteiger partial charge in [-0.1, -0.05) is 29.8 Å². The molecule has 2 aromatic carbocycles. The van der Waals surface area contributed by atoms with E-state index in [1.165, 1.54) is 23.0 Å². The van der Waals surface area contributed by atoms with Crippen molar-refractivity contribution < 1.29 is 9.18 Å². The molecule has 0 spiro atoms. The second-order valence-electron chi connectivity index (χ2n) is 5.87. The third kappa shape index (κ3) is 3.13. The highest BCUT2D eigenvalue weighted by atomic mass is 35.5. The van der Waals surface area contributed by atoms with Crippen LogP contribution in [-0.2, 0) is 4.79 Å². The highest BCUT2D eigenvalue weighted by Crippen LogP contribution is 2.24. The summed E-state index contributed by atoms with van der Waals surface area (Å²) in [6.45, 7) is 1.78. The van der Waals surface area contributed by atoms with E-state index in [0.717, 1.165) is 0 Å². The van der Waals surface area contributed by atoms with Crippen LogP contribution in [0.3, 0.4) is 0 Å². The summed E-state index contributed by atoms with van der Waals surface area (Å²) in [6.07, 6.45) is 1.45. The summed E-state index contributed by atoms with van der Waals surface area (Å²) in [5.74, 6) is -0.648. The Labute approximate surface area is 159 Å². The van der Waals surface area contributed by atoms with Crippen LogP contribution in [0.5, 0.6) is 0 Å². The Bertz CT molecular complexity index is 1100. The number of halogens is 2. The Morgan fingerprint density at radius 3 is 2.70 bits per heavy atom. The van der Waals surface area contributed by atoms with Gasteiger partial charge in [-0.3, -0.25) is 4.79 Å². The van der Waals surface area contributed by atoms with E-state index in [0.29, 0.717) is 33.3 Å². The minimum absolute atomic E-state index is 0.238. The van der Waals surface area contributed by atoms with Gasteiger partial charge in [-0.25, -0.2) is 9.07 Å². The number of rotatable bonds is 3. The van der Waals surface area contributed by atoms with Crippen molar-refractivity contribution >= 4 is 35.1 Å². The van der Waals surface area contributed by atoms with Gasteiger partial charge < -0.3 is 5.32 Å². The number of fused-ring (bicyclic) bond motifs is 1. The minimum Gasteiger partial charge on any atom is -0.320 e. The lowest BCUT2D eigenvalue weighted by Crippen LogP contribution is -2.13. The molecule has 0 bridgehead atoms. The van der Waals surface area contributed by atoms with Gasteiger partial charge in [-0.15, -0.1) is 5.10 Å². The molecule has 1 aliphatic heterocycles. The highest BCUT2D eigenvalue weighted by Gasteiger charge is 2.25. The van der Waals surface area contributed by atoms with Crippen molar-refractivity contribution in [1.82, 2.24) is 9.78 Å². The van der Waals surface area contributed by atoms with Crippen LogP contribution in [0.2, 0.25) is 5.15 Å². The van der Waals surface area contributed by atoms with Crippen molar-refractivity contribution in [3.8, 4) is 5.69 Å². The van der Waals surface area contributed by atoms with E-state index in [2.05, 4.69) is 20.6 Å². The Balaban J connectivity index is 1.66. The molecule has 0 atom stereocenters. The standard InChI is InChI=1S/C19H13ClFN5O/c1-11-15(18(20)26(25-11)13-8-6-12(21)7-9-13)10-22-24-17-14-4-2-3-5-16(14)23-19(17)27/h2-10H,1H3,(H,23,24,27)/b22-10-. The number of amides is 1. The van der Waals surface area contributed by atoms with Crippen LogP contribution in [0.1, 0.15) is 16.8 Å². The predicted molar refractivity (Wildman–Crippen MR) is 102 cm³/mol. The third-order valence-electron chi connectivity index (χ3n) is 4.11. The number of anilines is 1. The van der Waals surface area contributed by atoms with Gasteiger partial charge in [0.05, 0.1) is 28.8 Å². The topological polar surface area (TPSA) is 71.6 Å². The number of hydrogen-bond acceptors (Lipinski definition) is 4. The smallest absolute Gasteiger partial charge is 0.276 e. The summed E-state index contributed by atoms with van der Waals surface area (Å²) in [5, 5.41) is 15.5. The van der Waals surface area contributed by atoms with Gasteiger partial charge in [-0.05, 0) is 37.3 Å². The Hall–Kier alpha value is -3.32. The van der Waals surface area contributed by atoms with Crippen molar-refractivity contribution in [3.05, 3.63) is 76.3 Å². The Morgan fingerprint density at radius 2 is 1.93 bits per heavy atom. The third-order valence-corrected chi connectivity index (χ3v) is 4.47. The molecule has 0 fully saturated rings. The van der Waals surface area contributed by atoms with E-state index < -0.39 is 0 Å². The van der Waals surface area contributed by atoms with Gasteiger partial charge >= 0.3 is 0 Å². The molecule has 2 heterocycles. The van der Waals surface area contributed by atoms with Gasteiger partial charge in [0, 0.05) is 5.56 Å². The predicted octanol–water partition coefficient (Wildman–Crippen LogP) is 3.75. The van der Waals surface area contributed by atoms with Gasteiger partial charge in [0.1, 0.15) is 11.0 Å². The van der Waals surface area contributed by atoms with Crippen LogP contribution < -0.4 is 5.32 Å². The Kier molecular flexibility index (Phi) is 4.29. The first-order valence-corrected chi connectivity index (χ1v) is 8.45. The molecule has 1 aliphatic rings. The molecule has 8 heteroatoms. The zero-order valence-electron chi connectivity index (χ0n) is 14.1. The second kappa shape index (κ2) is 6.77. The molecule has 0 aliphatic carbocycles. The number of nitrogens with zero attached hydrogens (tertiary/aromatic N) is 4. The molecular weight excluding hydrogens is 369 g/mol. The van der Waals surface area contributed by atoms with Crippen molar-refractivity contribution in [2.75, 3.05) is 5.32 Å². The molecule has 4 rings (SSSR count). The fraction of sp³-hybridized carbons (Fsp3) is 0.0526. The molecule has 0 radical (unpaired) electrons. The minimum atomic E-state index is -0.341. The van der Waals surface area contributed by atoms with Crippen molar-refractivity contribution in [3.63, 3.8) is 0 Å². The maximum atomic E-state index is 13.1. The molecule has 27 heavy (non-hydrogen) atoms. The molecule has 0 unspecified atom stereocenters. The summed E-state index contributed by atoms with van der Waals surface area (Å²) < 4.78 is 14.6. The summed E-state index contributed by atoms with van der Waals surface area (Å²) in [4.78, 5) is 12.0. The van der Waals surface area contributed by atoms with E-state index in [-0.39, 0.29) is 17.4 Å². The van der Waals surface area contributed by atoms with E-state index in [4.69, 9.17) is 11.6 Å². The average Bonchev–Trinajstić information content (AvgIpc) is 3.13. The van der Waals surface area contributed by atoms with E-state index in [1.54, 1.807) is 31.2 Å². The lowest BCUT2D eigenvalue weighted by molar-refractivity contribution is -0.110. The quantitative estimate of drug-likeness (QED) is 0.554. The van der Waals surface area contributed by atoms with E-state index in [1.807, 2.05) is 12.1 Å². The summed E-state index contributed by atoms with van der Waals surface area (Å²) in [5.41, 5.74) is 3.46. The van der Waals surface area contributed by atoms with Gasteiger partial charge in [0.25, 0.3) is 5.91 Å². The number of nitrogens with one attached hydrogen (secondary N) is 1. The molecule has 1 N–H and O–H groups in total. The monoisotopic (exact) mass is 381 g/mol. The normalized spacial score (nSPS) is 14.8. The molecule has 0 saturated carbocycles. The zero-order chi connectivity index (χ0) is 19.0. The number of aryl methyl sites for hydroxylation is 1. The number of hydrogen-bond donors (Lipinski definition) is 1. The first-order chi connectivity index (χ1) is 13.0. The Morgan fingerprint density at radius 1 is 1.19 bits per heavy atom. The average molecular weight is 382 g/mol. The maximum Gasteiger partial charge on any atom is 0.276 e.